The van der Waals surface area contributed by atoms with E-state index in [4.69, 9.17) is 37.1 Å². The van der Waals surface area contributed by atoms with E-state index in [0.29, 0.717) is 33.7 Å². The Morgan fingerprint density at radius 3 is 2.34 bits per heavy atom. The predicted molar refractivity (Wildman–Crippen MR) is 143 cm³/mol. The Morgan fingerprint density at radius 2 is 1.63 bits per heavy atom. The first kappa shape index (κ1) is 25.6. The van der Waals surface area contributed by atoms with Gasteiger partial charge in [-0.2, -0.15) is 5.10 Å². The zero-order chi connectivity index (χ0) is 26.5. The minimum absolute atomic E-state index is 0.212. The highest BCUT2D eigenvalue weighted by Crippen LogP contribution is 2.33. The van der Waals surface area contributed by atoms with Gasteiger partial charge in [0.15, 0.2) is 6.61 Å². The average molecular weight is 549 g/mol. The number of amides is 1. The highest BCUT2D eigenvalue weighted by atomic mass is 35.5. The molecular formula is C29H22Cl2N2O5. The smallest absolute Gasteiger partial charge is 0.342 e. The molecule has 0 radical (unpaired) electrons. The molecule has 5 rings (SSSR count). The lowest BCUT2D eigenvalue weighted by Gasteiger charge is -2.19. The fourth-order valence-corrected chi connectivity index (χ4v) is 4.29. The number of furan rings is 1. The van der Waals surface area contributed by atoms with Crippen molar-refractivity contribution in [2.45, 2.75) is 19.1 Å². The van der Waals surface area contributed by atoms with Crippen LogP contribution in [-0.4, -0.2) is 29.2 Å². The van der Waals surface area contributed by atoms with E-state index in [2.05, 4.69) is 5.10 Å². The number of carbonyl (C=O) groups is 2. The summed E-state index contributed by atoms with van der Waals surface area (Å²) in [6.45, 7) is -0.264. The first-order valence-electron chi connectivity index (χ1n) is 11.8. The highest BCUT2D eigenvalue weighted by Gasteiger charge is 2.35. The normalized spacial score (nSPS) is 14.7. The summed E-state index contributed by atoms with van der Waals surface area (Å²) in [6.07, 6.45) is 1.98. The van der Waals surface area contributed by atoms with E-state index < -0.39 is 24.5 Å². The summed E-state index contributed by atoms with van der Waals surface area (Å²) in [4.78, 5) is 26.1. The van der Waals surface area contributed by atoms with E-state index in [1.807, 2.05) is 24.3 Å². The van der Waals surface area contributed by atoms with Crippen LogP contribution in [0.5, 0.6) is 5.75 Å². The Bertz CT molecular complexity index is 1450. The molecule has 0 spiro atoms. The maximum Gasteiger partial charge on any atom is 0.342 e. The number of para-hydroxylation sites is 1. The van der Waals surface area contributed by atoms with Crippen LogP contribution in [0, 0.1) is 0 Å². The van der Waals surface area contributed by atoms with Crippen LogP contribution in [0.4, 0.5) is 0 Å². The number of esters is 1. The summed E-state index contributed by atoms with van der Waals surface area (Å²) < 4.78 is 16.8. The number of hydrazone groups is 1. The molecule has 0 aliphatic carbocycles. The molecule has 0 bridgehead atoms. The van der Waals surface area contributed by atoms with Gasteiger partial charge in [-0.15, -0.1) is 0 Å². The molecule has 38 heavy (non-hydrogen) atoms. The van der Waals surface area contributed by atoms with Gasteiger partial charge in [0.05, 0.1) is 12.0 Å². The van der Waals surface area contributed by atoms with Crippen molar-refractivity contribution < 1.29 is 23.5 Å². The lowest BCUT2D eigenvalue weighted by atomic mass is 10.0. The molecule has 1 aromatic heterocycles. The molecule has 0 saturated heterocycles. The van der Waals surface area contributed by atoms with Gasteiger partial charge >= 0.3 is 5.97 Å². The van der Waals surface area contributed by atoms with Gasteiger partial charge in [0.2, 0.25) is 0 Å². The molecule has 2 heterocycles. The second-order valence-corrected chi connectivity index (χ2v) is 9.39. The molecule has 192 valence electrons. The van der Waals surface area contributed by atoms with Crippen LogP contribution in [-0.2, 0) is 16.1 Å². The SMILES string of the molecule is O=C(OCC(=O)N1N=C(c2ccc(Cl)cc2)CC1c1ccco1)c1ccccc1OCc1ccc(Cl)cc1. The first-order chi connectivity index (χ1) is 18.5. The summed E-state index contributed by atoms with van der Waals surface area (Å²) in [5, 5.41) is 7.07. The maximum absolute atomic E-state index is 13.2. The second-order valence-electron chi connectivity index (χ2n) is 8.51. The Labute approximate surface area is 229 Å². The van der Waals surface area contributed by atoms with Crippen LogP contribution < -0.4 is 4.74 Å². The first-order valence-corrected chi connectivity index (χ1v) is 12.6. The third-order valence-corrected chi connectivity index (χ3v) is 6.46. The van der Waals surface area contributed by atoms with E-state index >= 15 is 0 Å². The van der Waals surface area contributed by atoms with E-state index in [9.17, 15) is 9.59 Å². The number of nitrogens with zero attached hydrogens (tertiary/aromatic N) is 2. The molecular weight excluding hydrogens is 527 g/mol. The van der Waals surface area contributed by atoms with E-state index in [1.165, 1.54) is 5.01 Å². The van der Waals surface area contributed by atoms with Crippen molar-refractivity contribution >= 4 is 40.8 Å². The minimum Gasteiger partial charge on any atom is -0.488 e. The summed E-state index contributed by atoms with van der Waals surface area (Å²) in [7, 11) is 0. The number of benzene rings is 3. The van der Waals surface area contributed by atoms with Crippen LogP contribution >= 0.6 is 23.2 Å². The molecule has 1 unspecified atom stereocenters. The van der Waals surface area contributed by atoms with Crippen LogP contribution in [0.2, 0.25) is 10.0 Å². The Hall–Kier alpha value is -4.07. The summed E-state index contributed by atoms with van der Waals surface area (Å²) >= 11 is 11.9. The zero-order valence-electron chi connectivity index (χ0n) is 20.1. The van der Waals surface area contributed by atoms with E-state index in [0.717, 1.165) is 11.1 Å². The monoisotopic (exact) mass is 548 g/mol. The molecule has 3 aromatic carbocycles. The number of hydrogen-bond donors (Lipinski definition) is 0. The number of carbonyl (C=O) groups excluding carboxylic acids is 2. The van der Waals surface area contributed by atoms with Crippen molar-refractivity contribution in [1.82, 2.24) is 5.01 Å². The molecule has 7 nitrogen and oxygen atoms in total. The number of ether oxygens (including phenoxy) is 2. The second kappa shape index (κ2) is 11.5. The lowest BCUT2D eigenvalue weighted by Crippen LogP contribution is -2.31. The van der Waals surface area contributed by atoms with Gasteiger partial charge in [-0.05, 0) is 59.7 Å². The van der Waals surface area contributed by atoms with Crippen molar-refractivity contribution in [3.05, 3.63) is 124 Å². The van der Waals surface area contributed by atoms with Crippen LogP contribution in [0.3, 0.4) is 0 Å². The van der Waals surface area contributed by atoms with Crippen molar-refractivity contribution in [3.63, 3.8) is 0 Å². The summed E-state index contributed by atoms with van der Waals surface area (Å²) in [5.41, 5.74) is 2.64. The van der Waals surface area contributed by atoms with Gasteiger partial charge < -0.3 is 13.9 Å². The van der Waals surface area contributed by atoms with Gasteiger partial charge in [0, 0.05) is 16.5 Å². The highest BCUT2D eigenvalue weighted by molar-refractivity contribution is 6.30. The van der Waals surface area contributed by atoms with Crippen LogP contribution in [0.1, 0.15) is 39.7 Å². The standard InChI is InChI=1S/C29H22Cl2N2O5/c30-21-11-7-19(8-12-21)17-37-26-5-2-1-4-23(26)29(35)38-18-28(34)33-25(27-6-3-15-36-27)16-24(32-33)20-9-13-22(31)14-10-20/h1-15,25H,16-18H2. The quantitative estimate of drug-likeness (QED) is 0.229. The Balaban J connectivity index is 1.27. The Kier molecular flexibility index (Phi) is 7.77. The largest absolute Gasteiger partial charge is 0.488 e. The summed E-state index contributed by atoms with van der Waals surface area (Å²) in [6, 6.07) is 24.2. The van der Waals surface area contributed by atoms with Crippen LogP contribution in [0.25, 0.3) is 0 Å². The molecule has 9 heteroatoms. The number of rotatable bonds is 8. The fraction of sp³-hybridized carbons (Fsp3) is 0.138. The topological polar surface area (TPSA) is 81.3 Å². The maximum atomic E-state index is 13.2. The van der Waals surface area contributed by atoms with Gasteiger partial charge in [-0.3, -0.25) is 4.79 Å². The molecule has 1 aliphatic heterocycles. The minimum atomic E-state index is -0.680. The van der Waals surface area contributed by atoms with Gasteiger partial charge in [-0.1, -0.05) is 59.6 Å². The lowest BCUT2D eigenvalue weighted by molar-refractivity contribution is -0.136. The third kappa shape index (κ3) is 5.90. The van der Waals surface area contributed by atoms with Crippen LogP contribution in [0.15, 0.2) is 101 Å². The molecule has 1 atom stereocenters. The van der Waals surface area contributed by atoms with Crippen molar-refractivity contribution in [3.8, 4) is 5.75 Å². The molecule has 0 N–H and O–H groups in total. The van der Waals surface area contributed by atoms with E-state index in [1.54, 1.807) is 66.9 Å². The molecule has 0 fully saturated rings. The van der Waals surface area contributed by atoms with Crippen molar-refractivity contribution in [2.75, 3.05) is 6.61 Å². The van der Waals surface area contributed by atoms with Crippen molar-refractivity contribution in [1.29, 1.82) is 0 Å². The summed E-state index contributed by atoms with van der Waals surface area (Å²) in [5.74, 6) is -0.236. The van der Waals surface area contributed by atoms with Crippen molar-refractivity contribution in [2.24, 2.45) is 5.10 Å². The molecule has 0 saturated carbocycles. The molecule has 1 amide bonds. The average Bonchev–Trinajstić information content (AvgIpc) is 3.62. The van der Waals surface area contributed by atoms with Gasteiger partial charge in [0.25, 0.3) is 5.91 Å². The number of halogens is 2. The number of hydrogen-bond acceptors (Lipinski definition) is 6. The fourth-order valence-electron chi connectivity index (χ4n) is 4.03. The zero-order valence-corrected chi connectivity index (χ0v) is 21.6. The van der Waals surface area contributed by atoms with E-state index in [-0.39, 0.29) is 12.2 Å². The van der Waals surface area contributed by atoms with Gasteiger partial charge in [-0.25, -0.2) is 9.80 Å². The Morgan fingerprint density at radius 1 is 0.921 bits per heavy atom. The predicted octanol–water partition coefficient (Wildman–Crippen LogP) is 6.70. The third-order valence-electron chi connectivity index (χ3n) is 5.96. The molecule has 4 aromatic rings. The molecule has 1 aliphatic rings. The van der Waals surface area contributed by atoms with Gasteiger partial charge in [0.1, 0.15) is 29.7 Å².